The van der Waals surface area contributed by atoms with Gasteiger partial charge in [0.25, 0.3) is 0 Å². The molecule has 28 heavy (non-hydrogen) atoms. The highest BCUT2D eigenvalue weighted by atomic mass is 32.1. The normalized spacial score (nSPS) is 18.6. The van der Waals surface area contributed by atoms with Gasteiger partial charge in [0.1, 0.15) is 10.3 Å². The molecule has 1 aliphatic rings. The summed E-state index contributed by atoms with van der Waals surface area (Å²) in [5.74, 6) is -0.112. The number of carbonyl (C=O) groups is 1. The fourth-order valence-electron chi connectivity index (χ4n) is 3.97. The standard InChI is InChI=1S/C18H20N4O4S2/c1-9(2)7-18(17-19-21-22-20-17)14-10(5-12(27-14)16(24)25)3-4-11-6-13(26-8-23)28-15(11)18/h5-6,9,23H,3-4,7-8H2,1-2H3,(H,24,25)(H,19,20,21,22). The highest BCUT2D eigenvalue weighted by molar-refractivity contribution is 7.16. The molecule has 8 nitrogen and oxygen atoms in total. The predicted molar refractivity (Wildman–Crippen MR) is 104 cm³/mol. The Kier molecular flexibility index (Phi) is 4.94. The van der Waals surface area contributed by atoms with E-state index < -0.39 is 18.2 Å². The number of thiophene rings is 2. The largest absolute Gasteiger partial charge is 0.477 e. The minimum Gasteiger partial charge on any atom is -0.477 e. The molecule has 3 N–H and O–H groups in total. The fraction of sp³-hybridized carbons (Fsp3) is 0.444. The Hall–Kier alpha value is -2.30. The third-order valence-corrected chi connectivity index (χ3v) is 7.47. The fourth-order valence-corrected chi connectivity index (χ4v) is 6.55. The summed E-state index contributed by atoms with van der Waals surface area (Å²) in [5, 5.41) is 34.4. The second-order valence-electron chi connectivity index (χ2n) is 7.20. The number of tetrazole rings is 1. The first-order valence-corrected chi connectivity index (χ1v) is 10.6. The maximum Gasteiger partial charge on any atom is 0.345 e. The summed E-state index contributed by atoms with van der Waals surface area (Å²) in [5.41, 5.74) is 1.42. The van der Waals surface area contributed by atoms with Gasteiger partial charge in [0.2, 0.25) is 0 Å². The molecule has 1 unspecified atom stereocenters. The van der Waals surface area contributed by atoms with Crippen molar-refractivity contribution in [1.29, 1.82) is 0 Å². The number of aromatic nitrogens is 4. The lowest BCUT2D eigenvalue weighted by atomic mass is 9.75. The molecular weight excluding hydrogens is 400 g/mol. The van der Waals surface area contributed by atoms with E-state index in [9.17, 15) is 15.0 Å². The number of fused-ring (bicyclic) bond motifs is 2. The number of aromatic amines is 1. The van der Waals surface area contributed by atoms with Crippen LogP contribution < -0.4 is 4.74 Å². The summed E-state index contributed by atoms with van der Waals surface area (Å²) in [7, 11) is 0. The second kappa shape index (κ2) is 7.26. The molecule has 3 heterocycles. The summed E-state index contributed by atoms with van der Waals surface area (Å²) >= 11 is 2.74. The number of rotatable bonds is 6. The average molecular weight is 421 g/mol. The number of carboxylic acid groups (broad SMARTS) is 1. The first kappa shape index (κ1) is 19.0. The van der Waals surface area contributed by atoms with Crippen molar-refractivity contribution in [2.75, 3.05) is 6.79 Å². The topological polar surface area (TPSA) is 121 Å². The molecule has 0 aliphatic heterocycles. The van der Waals surface area contributed by atoms with Crippen molar-refractivity contribution in [1.82, 2.24) is 20.6 Å². The Morgan fingerprint density at radius 3 is 2.61 bits per heavy atom. The molecule has 3 aromatic rings. The number of nitrogens with one attached hydrogen (secondary N) is 1. The summed E-state index contributed by atoms with van der Waals surface area (Å²) in [6.07, 6.45) is 2.17. The summed E-state index contributed by atoms with van der Waals surface area (Å²) < 4.78 is 5.37. The SMILES string of the molecule is CC(C)CC1(c2nn[nH]n2)c2sc(OCO)cc2CCc2cc(C(=O)O)sc21. The summed E-state index contributed by atoms with van der Waals surface area (Å²) in [4.78, 5) is 14.0. The van der Waals surface area contributed by atoms with Gasteiger partial charge in [-0.2, -0.15) is 5.21 Å². The van der Waals surface area contributed by atoms with E-state index in [0.29, 0.717) is 22.2 Å². The number of aryl methyl sites for hydroxylation is 2. The van der Waals surface area contributed by atoms with Gasteiger partial charge in [-0.1, -0.05) is 19.1 Å². The molecule has 1 atom stereocenters. The third kappa shape index (κ3) is 3.01. The zero-order valence-electron chi connectivity index (χ0n) is 15.4. The van der Waals surface area contributed by atoms with Gasteiger partial charge in [0.05, 0.1) is 0 Å². The van der Waals surface area contributed by atoms with Gasteiger partial charge in [-0.15, -0.1) is 32.9 Å². The van der Waals surface area contributed by atoms with Crippen molar-refractivity contribution in [2.45, 2.75) is 38.5 Å². The minimum atomic E-state index is -0.930. The van der Waals surface area contributed by atoms with Crippen molar-refractivity contribution in [3.8, 4) is 5.06 Å². The van der Waals surface area contributed by atoms with Crippen LogP contribution in [-0.2, 0) is 18.3 Å². The molecule has 0 saturated carbocycles. The van der Waals surface area contributed by atoms with Gasteiger partial charge >= 0.3 is 5.97 Å². The molecule has 0 aromatic carbocycles. The maximum absolute atomic E-state index is 11.7. The van der Waals surface area contributed by atoms with Crippen molar-refractivity contribution < 1.29 is 19.7 Å². The number of nitrogens with zero attached hydrogens (tertiary/aromatic N) is 3. The zero-order valence-corrected chi connectivity index (χ0v) is 17.1. The Balaban J connectivity index is 2.03. The number of carboxylic acids is 1. The minimum absolute atomic E-state index is 0.289. The van der Waals surface area contributed by atoms with Crippen LogP contribution in [0.3, 0.4) is 0 Å². The van der Waals surface area contributed by atoms with E-state index in [-0.39, 0.29) is 5.92 Å². The van der Waals surface area contributed by atoms with Gasteiger partial charge in [0.15, 0.2) is 17.7 Å². The lowest BCUT2D eigenvalue weighted by Crippen LogP contribution is -2.32. The molecule has 0 radical (unpaired) electrons. The molecule has 3 aromatic heterocycles. The van der Waals surface area contributed by atoms with Crippen LogP contribution in [-0.4, -0.2) is 43.6 Å². The number of aromatic carboxylic acids is 1. The molecular formula is C18H20N4O4S2. The number of aliphatic hydroxyl groups is 1. The van der Waals surface area contributed by atoms with Gasteiger partial charge in [-0.05, 0) is 48.4 Å². The first-order valence-electron chi connectivity index (χ1n) is 8.93. The number of hydrogen-bond acceptors (Lipinski definition) is 8. The van der Waals surface area contributed by atoms with E-state index in [2.05, 4.69) is 34.5 Å². The van der Waals surface area contributed by atoms with Crippen LogP contribution >= 0.6 is 22.7 Å². The van der Waals surface area contributed by atoms with Crippen LogP contribution in [0.5, 0.6) is 5.06 Å². The lowest BCUT2D eigenvalue weighted by Gasteiger charge is -2.31. The maximum atomic E-state index is 11.7. The number of ether oxygens (including phenoxy) is 1. The van der Waals surface area contributed by atoms with Crippen LogP contribution in [0.1, 0.15) is 56.6 Å². The monoisotopic (exact) mass is 420 g/mol. The van der Waals surface area contributed by atoms with Crippen LogP contribution in [0.15, 0.2) is 12.1 Å². The third-order valence-electron chi connectivity index (χ3n) is 4.89. The smallest absolute Gasteiger partial charge is 0.345 e. The number of aliphatic hydroxyl groups excluding tert-OH is 1. The molecule has 4 rings (SSSR count). The zero-order chi connectivity index (χ0) is 19.9. The van der Waals surface area contributed by atoms with Crippen molar-refractivity contribution in [3.63, 3.8) is 0 Å². The summed E-state index contributed by atoms with van der Waals surface area (Å²) in [6.45, 7) is 3.85. The van der Waals surface area contributed by atoms with Crippen LogP contribution in [0.2, 0.25) is 0 Å². The first-order chi connectivity index (χ1) is 13.5. The Labute approximate surface area is 169 Å². The van der Waals surface area contributed by atoms with E-state index >= 15 is 0 Å². The van der Waals surface area contributed by atoms with Crippen molar-refractivity contribution in [2.24, 2.45) is 5.92 Å². The Morgan fingerprint density at radius 1 is 1.29 bits per heavy atom. The molecule has 0 spiro atoms. The molecule has 0 saturated heterocycles. The van der Waals surface area contributed by atoms with Gasteiger partial charge in [-0.25, -0.2) is 4.79 Å². The molecule has 10 heteroatoms. The molecule has 0 amide bonds. The number of H-pyrrole nitrogens is 1. The lowest BCUT2D eigenvalue weighted by molar-refractivity contribution is 0.0702. The second-order valence-corrected chi connectivity index (χ2v) is 9.27. The molecule has 148 valence electrons. The van der Waals surface area contributed by atoms with Gasteiger partial charge < -0.3 is 14.9 Å². The van der Waals surface area contributed by atoms with Crippen LogP contribution in [0.4, 0.5) is 0 Å². The van der Waals surface area contributed by atoms with Crippen molar-refractivity contribution in [3.05, 3.63) is 43.7 Å². The quantitative estimate of drug-likeness (QED) is 0.524. The van der Waals surface area contributed by atoms with E-state index in [4.69, 9.17) is 4.74 Å². The van der Waals surface area contributed by atoms with Gasteiger partial charge in [0, 0.05) is 9.75 Å². The van der Waals surface area contributed by atoms with Crippen LogP contribution in [0, 0.1) is 5.92 Å². The average Bonchev–Trinajstić information content (AvgIpc) is 3.37. The highest BCUT2D eigenvalue weighted by Crippen LogP contribution is 2.53. The molecule has 1 aliphatic carbocycles. The van der Waals surface area contributed by atoms with Crippen LogP contribution in [0.25, 0.3) is 0 Å². The summed E-state index contributed by atoms with van der Waals surface area (Å²) in [6, 6.07) is 3.74. The van der Waals surface area contributed by atoms with E-state index in [0.717, 1.165) is 33.7 Å². The highest BCUT2D eigenvalue weighted by Gasteiger charge is 2.48. The van der Waals surface area contributed by atoms with E-state index in [1.54, 1.807) is 6.07 Å². The molecule has 0 fully saturated rings. The molecule has 0 bridgehead atoms. The predicted octanol–water partition coefficient (Wildman–Crippen LogP) is 2.83. The number of hydrogen-bond donors (Lipinski definition) is 3. The Morgan fingerprint density at radius 2 is 2.00 bits per heavy atom. The Bertz CT molecular complexity index is 996. The van der Waals surface area contributed by atoms with E-state index in [1.807, 2.05) is 6.07 Å². The van der Waals surface area contributed by atoms with E-state index in [1.165, 1.54) is 22.7 Å². The van der Waals surface area contributed by atoms with Gasteiger partial charge in [-0.3, -0.25) is 0 Å². The van der Waals surface area contributed by atoms with Crippen molar-refractivity contribution >= 4 is 28.6 Å².